The number of carbonyl (C=O) groups is 1. The van der Waals surface area contributed by atoms with Crippen molar-refractivity contribution in [2.75, 3.05) is 20.3 Å². The van der Waals surface area contributed by atoms with Gasteiger partial charge in [-0.15, -0.1) is 0 Å². The Hall–Kier alpha value is -2.25. The Labute approximate surface area is 158 Å². The summed E-state index contributed by atoms with van der Waals surface area (Å²) >= 11 is 0. The molecular weight excluding hydrogens is 348 g/mol. The van der Waals surface area contributed by atoms with E-state index < -0.39 is 24.5 Å². The number of methoxy groups -OCH3 is 1. The van der Waals surface area contributed by atoms with Gasteiger partial charge < -0.3 is 24.1 Å². The predicted octanol–water partition coefficient (Wildman–Crippen LogP) is 2.41. The number of carbonyl (C=O) groups excluding carboxylic acids is 1. The highest BCUT2D eigenvalue weighted by atomic mass is 16.7. The Balaban J connectivity index is 1.55. The Morgan fingerprint density at radius 3 is 2.37 bits per heavy atom. The van der Waals surface area contributed by atoms with E-state index in [-0.39, 0.29) is 19.1 Å². The van der Waals surface area contributed by atoms with Crippen molar-refractivity contribution in [3.63, 3.8) is 0 Å². The lowest BCUT2D eigenvalue weighted by Gasteiger charge is -2.20. The van der Waals surface area contributed by atoms with Crippen molar-refractivity contribution >= 4 is 5.97 Å². The Bertz CT molecular complexity index is 705. The second-order valence-electron chi connectivity index (χ2n) is 6.40. The monoisotopic (exact) mass is 372 g/mol. The van der Waals surface area contributed by atoms with E-state index in [9.17, 15) is 9.90 Å². The van der Waals surface area contributed by atoms with Crippen LogP contribution in [0.15, 0.2) is 60.7 Å². The number of rotatable bonds is 8. The first-order valence-corrected chi connectivity index (χ1v) is 8.89. The zero-order valence-electron chi connectivity index (χ0n) is 15.2. The molecule has 0 aromatic heterocycles. The highest BCUT2D eigenvalue weighted by molar-refractivity contribution is 5.89. The minimum absolute atomic E-state index is 0.0179. The summed E-state index contributed by atoms with van der Waals surface area (Å²) in [7, 11) is 1.47. The minimum atomic E-state index is -0.855. The third-order valence-electron chi connectivity index (χ3n) is 4.55. The van der Waals surface area contributed by atoms with E-state index in [0.717, 1.165) is 5.56 Å². The van der Waals surface area contributed by atoms with Crippen LogP contribution in [0, 0.1) is 5.92 Å². The number of hydrogen-bond donors (Lipinski definition) is 1. The van der Waals surface area contributed by atoms with Gasteiger partial charge in [0.15, 0.2) is 6.29 Å². The molecule has 0 aliphatic carbocycles. The van der Waals surface area contributed by atoms with Gasteiger partial charge >= 0.3 is 5.97 Å². The lowest BCUT2D eigenvalue weighted by atomic mass is 10.00. The second kappa shape index (κ2) is 9.62. The lowest BCUT2D eigenvalue weighted by Crippen LogP contribution is -2.34. The normalized spacial score (nSPS) is 24.7. The molecule has 0 spiro atoms. The number of esters is 1. The van der Waals surface area contributed by atoms with E-state index in [1.807, 2.05) is 36.4 Å². The molecule has 2 aromatic carbocycles. The van der Waals surface area contributed by atoms with Gasteiger partial charge in [0, 0.05) is 13.0 Å². The average Bonchev–Trinajstić information content (AvgIpc) is 3.02. The van der Waals surface area contributed by atoms with Crippen LogP contribution in [-0.4, -0.2) is 49.9 Å². The van der Waals surface area contributed by atoms with Crippen molar-refractivity contribution in [1.82, 2.24) is 0 Å². The first kappa shape index (κ1) is 19.5. The van der Waals surface area contributed by atoms with Crippen LogP contribution in [0.1, 0.15) is 15.9 Å². The lowest BCUT2D eigenvalue weighted by molar-refractivity contribution is -0.153. The van der Waals surface area contributed by atoms with Gasteiger partial charge in [-0.2, -0.15) is 0 Å². The molecule has 27 heavy (non-hydrogen) atoms. The standard InChI is InChI=1S/C21H24O6/c1-24-21-19(22)17(13-25-12-15-8-4-2-5-9-15)18(27-21)14-26-20(23)16-10-6-3-7-11-16/h2-11,17-19,21-22H,12-14H2,1H3. The minimum Gasteiger partial charge on any atom is -0.459 e. The zero-order valence-corrected chi connectivity index (χ0v) is 15.2. The fourth-order valence-electron chi connectivity index (χ4n) is 3.04. The molecule has 6 heteroatoms. The molecule has 4 unspecified atom stereocenters. The average molecular weight is 372 g/mol. The molecule has 0 saturated carbocycles. The van der Waals surface area contributed by atoms with Crippen molar-refractivity contribution in [3.8, 4) is 0 Å². The summed E-state index contributed by atoms with van der Waals surface area (Å²) in [4.78, 5) is 12.1. The first-order valence-electron chi connectivity index (χ1n) is 8.89. The summed E-state index contributed by atoms with van der Waals surface area (Å²) in [6.45, 7) is 0.714. The second-order valence-corrected chi connectivity index (χ2v) is 6.40. The first-order chi connectivity index (χ1) is 13.2. The van der Waals surface area contributed by atoms with Crippen molar-refractivity contribution in [2.45, 2.75) is 25.1 Å². The molecule has 0 bridgehead atoms. The van der Waals surface area contributed by atoms with Crippen molar-refractivity contribution < 1.29 is 28.8 Å². The predicted molar refractivity (Wildman–Crippen MR) is 98.0 cm³/mol. The van der Waals surface area contributed by atoms with Crippen molar-refractivity contribution in [3.05, 3.63) is 71.8 Å². The largest absolute Gasteiger partial charge is 0.459 e. The third kappa shape index (κ3) is 5.14. The summed E-state index contributed by atoms with van der Waals surface area (Å²) < 4.78 is 22.0. The van der Waals surface area contributed by atoms with Crippen LogP contribution < -0.4 is 0 Å². The number of hydrogen-bond acceptors (Lipinski definition) is 6. The number of ether oxygens (including phenoxy) is 4. The van der Waals surface area contributed by atoms with Gasteiger partial charge in [0.25, 0.3) is 0 Å². The highest BCUT2D eigenvalue weighted by Crippen LogP contribution is 2.28. The molecule has 1 N–H and O–H groups in total. The Kier molecular flexibility index (Phi) is 6.95. The maximum absolute atomic E-state index is 12.1. The fraction of sp³-hybridized carbons (Fsp3) is 0.381. The molecule has 144 valence electrons. The molecule has 1 fully saturated rings. The van der Waals surface area contributed by atoms with Crippen LogP contribution in [0.4, 0.5) is 0 Å². The molecule has 3 rings (SSSR count). The summed E-state index contributed by atoms with van der Waals surface area (Å²) in [6.07, 6.45) is -2.13. The van der Waals surface area contributed by atoms with E-state index >= 15 is 0 Å². The molecule has 0 radical (unpaired) electrons. The van der Waals surface area contributed by atoms with Gasteiger partial charge in [0.05, 0.1) is 18.8 Å². The van der Waals surface area contributed by atoms with E-state index in [2.05, 4.69) is 0 Å². The van der Waals surface area contributed by atoms with Crippen LogP contribution in [0.5, 0.6) is 0 Å². The van der Waals surface area contributed by atoms with E-state index in [0.29, 0.717) is 12.2 Å². The van der Waals surface area contributed by atoms with Crippen LogP contribution in [0.2, 0.25) is 0 Å². The molecule has 2 aromatic rings. The molecule has 0 amide bonds. The number of aliphatic hydroxyl groups is 1. The quantitative estimate of drug-likeness (QED) is 0.718. The molecule has 1 aliphatic rings. The molecule has 4 atom stereocenters. The van der Waals surface area contributed by atoms with Gasteiger partial charge in [-0.1, -0.05) is 48.5 Å². The topological polar surface area (TPSA) is 74.2 Å². The fourth-order valence-corrected chi connectivity index (χ4v) is 3.04. The van der Waals surface area contributed by atoms with Crippen molar-refractivity contribution in [1.29, 1.82) is 0 Å². The highest BCUT2D eigenvalue weighted by Gasteiger charge is 2.44. The molecule has 6 nitrogen and oxygen atoms in total. The van der Waals surface area contributed by atoms with Crippen molar-refractivity contribution in [2.24, 2.45) is 5.92 Å². The Morgan fingerprint density at radius 2 is 1.70 bits per heavy atom. The van der Waals surface area contributed by atoms with E-state index in [4.69, 9.17) is 18.9 Å². The Morgan fingerprint density at radius 1 is 1.04 bits per heavy atom. The SMILES string of the molecule is COC1OC(COC(=O)c2ccccc2)C(COCc2ccccc2)C1O. The molecule has 1 saturated heterocycles. The van der Waals surface area contributed by atoms with Gasteiger partial charge in [-0.05, 0) is 17.7 Å². The van der Waals surface area contributed by atoms with Gasteiger partial charge in [-0.3, -0.25) is 0 Å². The maximum atomic E-state index is 12.1. The third-order valence-corrected chi connectivity index (χ3v) is 4.55. The summed E-state index contributed by atoms with van der Waals surface area (Å²) in [5.41, 5.74) is 1.51. The summed E-state index contributed by atoms with van der Waals surface area (Å²) in [5, 5.41) is 10.4. The molecule has 1 heterocycles. The smallest absolute Gasteiger partial charge is 0.338 e. The van der Waals surface area contributed by atoms with E-state index in [1.54, 1.807) is 24.3 Å². The molecular formula is C21H24O6. The summed E-state index contributed by atoms with van der Waals surface area (Å²) in [6, 6.07) is 18.5. The van der Waals surface area contributed by atoms with E-state index in [1.165, 1.54) is 7.11 Å². The van der Waals surface area contributed by atoms with Crippen LogP contribution in [-0.2, 0) is 25.6 Å². The molecule has 1 aliphatic heterocycles. The van der Waals surface area contributed by atoms with Gasteiger partial charge in [0.2, 0.25) is 0 Å². The zero-order chi connectivity index (χ0) is 19.1. The number of benzene rings is 2. The van der Waals surface area contributed by atoms with Gasteiger partial charge in [0.1, 0.15) is 18.8 Å². The maximum Gasteiger partial charge on any atom is 0.338 e. The van der Waals surface area contributed by atoms with Crippen LogP contribution in [0.3, 0.4) is 0 Å². The summed E-state index contributed by atoms with van der Waals surface area (Å²) in [5.74, 6) is -0.791. The number of aliphatic hydroxyl groups excluding tert-OH is 1. The van der Waals surface area contributed by atoms with Crippen LogP contribution >= 0.6 is 0 Å². The van der Waals surface area contributed by atoms with Crippen LogP contribution in [0.25, 0.3) is 0 Å². The van der Waals surface area contributed by atoms with Gasteiger partial charge in [-0.25, -0.2) is 4.79 Å².